The molecular formula is C12H19N3OS. The van der Waals surface area contributed by atoms with E-state index in [-0.39, 0.29) is 5.41 Å². The second-order valence-electron chi connectivity index (χ2n) is 4.42. The molecule has 94 valence electrons. The molecule has 0 aliphatic rings. The van der Waals surface area contributed by atoms with Crippen LogP contribution in [0.25, 0.3) is 0 Å². The highest BCUT2D eigenvalue weighted by molar-refractivity contribution is 7.98. The van der Waals surface area contributed by atoms with Crippen LogP contribution in [-0.4, -0.2) is 15.9 Å². The Kier molecular flexibility index (Phi) is 5.49. The molecule has 0 aliphatic heterocycles. The highest BCUT2D eigenvalue weighted by Crippen LogP contribution is 2.29. The number of aromatic nitrogens is 2. The lowest BCUT2D eigenvalue weighted by molar-refractivity contribution is 0.265. The number of thioether (sulfide) groups is 1. The zero-order chi connectivity index (χ0) is 12.7. The van der Waals surface area contributed by atoms with Crippen LogP contribution in [0, 0.1) is 16.7 Å². The van der Waals surface area contributed by atoms with Crippen LogP contribution in [0.15, 0.2) is 4.52 Å². The van der Waals surface area contributed by atoms with Crippen LogP contribution < -0.4 is 0 Å². The molecule has 0 fully saturated rings. The number of hydrogen-bond donors (Lipinski definition) is 0. The normalized spacial score (nSPS) is 14.2. The number of nitrogens with zero attached hydrogens (tertiary/aromatic N) is 3. The van der Waals surface area contributed by atoms with Crippen molar-refractivity contribution in [1.29, 1.82) is 5.26 Å². The smallest absolute Gasteiger partial charge is 0.227 e. The molecule has 0 amide bonds. The molecule has 5 heteroatoms. The van der Waals surface area contributed by atoms with Crippen molar-refractivity contribution in [3.8, 4) is 6.07 Å². The Balaban J connectivity index is 2.61. The molecule has 0 saturated carbocycles. The van der Waals surface area contributed by atoms with Crippen LogP contribution in [0.4, 0.5) is 0 Å². The summed E-state index contributed by atoms with van der Waals surface area (Å²) >= 11 is 1.77. The summed E-state index contributed by atoms with van der Waals surface area (Å²) in [5.41, 5.74) is -0.0591. The van der Waals surface area contributed by atoms with Gasteiger partial charge >= 0.3 is 0 Å². The van der Waals surface area contributed by atoms with Crippen molar-refractivity contribution in [2.75, 3.05) is 5.75 Å². The lowest BCUT2D eigenvalue weighted by atomic mass is 9.81. The standard InChI is InChI=1S/C12H19N3OS/c1-4-12(3,6-7-13)8-11-14-10(15-16-11)9-17-5-2/h4-6,8-9H2,1-3H3. The summed E-state index contributed by atoms with van der Waals surface area (Å²) in [7, 11) is 0. The lowest BCUT2D eigenvalue weighted by Gasteiger charge is -2.22. The minimum Gasteiger partial charge on any atom is -0.339 e. The van der Waals surface area contributed by atoms with Crippen molar-refractivity contribution in [2.45, 2.75) is 45.8 Å². The zero-order valence-electron chi connectivity index (χ0n) is 10.7. The summed E-state index contributed by atoms with van der Waals surface area (Å²) < 4.78 is 5.22. The maximum atomic E-state index is 8.81. The fourth-order valence-corrected chi connectivity index (χ4v) is 1.99. The van der Waals surface area contributed by atoms with Crippen LogP contribution in [0.5, 0.6) is 0 Å². The minimum atomic E-state index is -0.0591. The molecule has 0 bridgehead atoms. The summed E-state index contributed by atoms with van der Waals surface area (Å²) in [5.74, 6) is 3.24. The molecule has 0 saturated heterocycles. The van der Waals surface area contributed by atoms with Crippen molar-refractivity contribution >= 4 is 11.8 Å². The molecular weight excluding hydrogens is 234 g/mol. The van der Waals surface area contributed by atoms with Crippen LogP contribution in [0.3, 0.4) is 0 Å². The third-order valence-corrected chi connectivity index (χ3v) is 3.75. The first-order valence-electron chi connectivity index (χ1n) is 5.89. The average Bonchev–Trinajstić information content (AvgIpc) is 2.74. The van der Waals surface area contributed by atoms with E-state index in [1.54, 1.807) is 11.8 Å². The van der Waals surface area contributed by atoms with Gasteiger partial charge in [-0.2, -0.15) is 22.0 Å². The van der Waals surface area contributed by atoms with Crippen molar-refractivity contribution in [2.24, 2.45) is 5.41 Å². The molecule has 0 spiro atoms. The monoisotopic (exact) mass is 253 g/mol. The van der Waals surface area contributed by atoms with Gasteiger partial charge in [0, 0.05) is 12.8 Å². The van der Waals surface area contributed by atoms with E-state index in [1.807, 2.05) is 0 Å². The van der Waals surface area contributed by atoms with E-state index >= 15 is 0 Å². The van der Waals surface area contributed by atoms with Gasteiger partial charge < -0.3 is 4.52 Å². The summed E-state index contributed by atoms with van der Waals surface area (Å²) in [6, 6.07) is 2.23. The number of nitriles is 1. The Morgan fingerprint density at radius 3 is 2.82 bits per heavy atom. The first-order chi connectivity index (χ1) is 8.13. The number of hydrogen-bond acceptors (Lipinski definition) is 5. The van der Waals surface area contributed by atoms with E-state index in [2.05, 4.69) is 37.0 Å². The Hall–Kier alpha value is -1.02. The highest BCUT2D eigenvalue weighted by Gasteiger charge is 2.25. The molecule has 4 nitrogen and oxygen atoms in total. The SMILES string of the molecule is CCSCc1noc(CC(C)(CC)CC#N)n1. The molecule has 1 aromatic rings. The van der Waals surface area contributed by atoms with Gasteiger partial charge in [-0.3, -0.25) is 0 Å². The van der Waals surface area contributed by atoms with E-state index in [4.69, 9.17) is 9.78 Å². The molecule has 1 rings (SSSR count). The van der Waals surface area contributed by atoms with Gasteiger partial charge in [0.05, 0.1) is 11.8 Å². The molecule has 0 aromatic carbocycles. The van der Waals surface area contributed by atoms with E-state index in [9.17, 15) is 0 Å². The van der Waals surface area contributed by atoms with Crippen molar-refractivity contribution in [1.82, 2.24) is 10.1 Å². The summed E-state index contributed by atoms with van der Waals surface area (Å²) in [5, 5.41) is 12.8. The van der Waals surface area contributed by atoms with E-state index < -0.39 is 0 Å². The van der Waals surface area contributed by atoms with Crippen molar-refractivity contribution in [3.05, 3.63) is 11.7 Å². The van der Waals surface area contributed by atoms with Gasteiger partial charge in [0.1, 0.15) is 0 Å². The van der Waals surface area contributed by atoms with Gasteiger partial charge in [0.25, 0.3) is 0 Å². The molecule has 1 unspecified atom stereocenters. The van der Waals surface area contributed by atoms with Gasteiger partial charge in [0.15, 0.2) is 5.82 Å². The average molecular weight is 253 g/mol. The third kappa shape index (κ3) is 4.39. The van der Waals surface area contributed by atoms with Crippen LogP contribution in [0.1, 0.15) is 45.3 Å². The maximum absolute atomic E-state index is 8.81. The molecule has 1 heterocycles. The van der Waals surface area contributed by atoms with Gasteiger partial charge in [-0.1, -0.05) is 25.9 Å². The topological polar surface area (TPSA) is 62.7 Å². The molecule has 0 N–H and O–H groups in total. The fraction of sp³-hybridized carbons (Fsp3) is 0.750. The second kappa shape index (κ2) is 6.65. The maximum Gasteiger partial charge on any atom is 0.227 e. The van der Waals surface area contributed by atoms with Crippen molar-refractivity contribution in [3.63, 3.8) is 0 Å². The van der Waals surface area contributed by atoms with E-state index in [1.165, 1.54) is 0 Å². The molecule has 0 radical (unpaired) electrons. The molecule has 1 aromatic heterocycles. The largest absolute Gasteiger partial charge is 0.339 e. The zero-order valence-corrected chi connectivity index (χ0v) is 11.5. The molecule has 0 aliphatic carbocycles. The quantitative estimate of drug-likeness (QED) is 0.746. The van der Waals surface area contributed by atoms with Gasteiger partial charge in [0.2, 0.25) is 5.89 Å². The Bertz CT molecular complexity index is 385. The second-order valence-corrected chi connectivity index (χ2v) is 5.69. The molecule has 1 atom stereocenters. The Labute approximate surface area is 107 Å². The molecule has 17 heavy (non-hydrogen) atoms. The fourth-order valence-electron chi connectivity index (χ4n) is 1.48. The first-order valence-corrected chi connectivity index (χ1v) is 7.05. The van der Waals surface area contributed by atoms with Gasteiger partial charge in [-0.25, -0.2) is 0 Å². The van der Waals surface area contributed by atoms with Crippen molar-refractivity contribution < 1.29 is 4.52 Å². The highest BCUT2D eigenvalue weighted by atomic mass is 32.2. The predicted molar refractivity (Wildman–Crippen MR) is 68.5 cm³/mol. The van der Waals surface area contributed by atoms with E-state index in [0.717, 1.165) is 23.8 Å². The summed E-state index contributed by atoms with van der Waals surface area (Å²) in [6.07, 6.45) is 2.13. The predicted octanol–water partition coefficient (Wildman–Crippen LogP) is 3.20. The first kappa shape index (κ1) is 14.0. The van der Waals surface area contributed by atoms with Crippen LogP contribution in [0.2, 0.25) is 0 Å². The van der Waals surface area contributed by atoms with Gasteiger partial charge in [-0.05, 0) is 17.6 Å². The van der Waals surface area contributed by atoms with Crippen LogP contribution >= 0.6 is 11.8 Å². The summed E-state index contributed by atoms with van der Waals surface area (Å²) in [6.45, 7) is 6.27. The van der Waals surface area contributed by atoms with Crippen LogP contribution in [-0.2, 0) is 12.2 Å². The number of rotatable bonds is 7. The van der Waals surface area contributed by atoms with Gasteiger partial charge in [-0.15, -0.1) is 0 Å². The Morgan fingerprint density at radius 2 is 2.24 bits per heavy atom. The third-order valence-electron chi connectivity index (χ3n) is 2.88. The Morgan fingerprint density at radius 1 is 1.47 bits per heavy atom. The summed E-state index contributed by atoms with van der Waals surface area (Å²) in [4.78, 5) is 4.35. The van der Waals surface area contributed by atoms with E-state index in [0.29, 0.717) is 18.7 Å². The minimum absolute atomic E-state index is 0.0591. The lowest BCUT2D eigenvalue weighted by Crippen LogP contribution is -2.18.